The third-order valence-corrected chi connectivity index (χ3v) is 15.7. The molecule has 0 saturated heterocycles. The van der Waals surface area contributed by atoms with E-state index in [1.807, 2.05) is 6.92 Å². The Morgan fingerprint density at radius 3 is 1.47 bits per heavy atom. The molecule has 2 heterocycles. The van der Waals surface area contributed by atoms with Gasteiger partial charge >= 0.3 is 23.9 Å². The average molecular weight is 1080 g/mol. The fourth-order valence-electron chi connectivity index (χ4n) is 10.1. The minimum Gasteiger partial charge on any atom is -0.475 e. The van der Waals surface area contributed by atoms with Crippen LogP contribution in [-0.4, -0.2) is 89.4 Å². The van der Waals surface area contributed by atoms with E-state index in [0.717, 1.165) is 94.9 Å². The highest BCUT2D eigenvalue weighted by Gasteiger charge is 2.37. The van der Waals surface area contributed by atoms with Crippen LogP contribution < -0.4 is 4.74 Å². The molecule has 75 heavy (non-hydrogen) atoms. The standard InChI is InChI=1S/C62H112N3O9S/c1-8-11-14-17-19-21-23-25-27-29-31-33-36-43-56(66)71-51-55(52-72-57(67)44-37-34-32-30-28-26-24-22-20-18-15-12-9-2)74-58(68)45-38-35-39-46-62(5,6)49-59(69)73-53(4)65(7)47-41-42-54(50-65)60-61(64-75-63-60)70-48-40-16-13-10-3/h42,53,55H,8-41,43-52H2,1-7H3/q+1/t53-,65?/m1/s1. The zero-order valence-electron chi connectivity index (χ0n) is 49.3. The van der Waals surface area contributed by atoms with E-state index in [0.29, 0.717) is 49.2 Å². The van der Waals surface area contributed by atoms with E-state index < -0.39 is 12.1 Å². The number of quaternary nitrogens is 1. The van der Waals surface area contributed by atoms with E-state index in [1.54, 1.807) is 0 Å². The van der Waals surface area contributed by atoms with Crippen LogP contribution >= 0.6 is 11.7 Å². The fraction of sp³-hybridized carbons (Fsp3) is 0.871. The number of unbranched alkanes of at least 4 members (excludes halogenated alkanes) is 29. The molecule has 434 valence electrons. The lowest BCUT2D eigenvalue weighted by Crippen LogP contribution is -2.55. The molecule has 0 saturated carbocycles. The van der Waals surface area contributed by atoms with E-state index in [2.05, 4.69) is 56.5 Å². The Bertz CT molecular complexity index is 1610. The summed E-state index contributed by atoms with van der Waals surface area (Å²) >= 11 is 1.17. The minimum atomic E-state index is -0.853. The molecule has 0 radical (unpaired) electrons. The number of carbonyl (C=O) groups is 4. The number of ether oxygens (including phenoxy) is 5. The van der Waals surface area contributed by atoms with Crippen molar-refractivity contribution in [2.45, 2.75) is 304 Å². The van der Waals surface area contributed by atoms with Crippen molar-refractivity contribution in [2.24, 2.45) is 5.41 Å². The van der Waals surface area contributed by atoms with E-state index in [9.17, 15) is 19.2 Å². The first-order valence-electron chi connectivity index (χ1n) is 31.0. The van der Waals surface area contributed by atoms with Crippen LogP contribution in [0.1, 0.15) is 298 Å². The van der Waals surface area contributed by atoms with Gasteiger partial charge in [0.2, 0.25) is 6.23 Å². The quantitative estimate of drug-likeness (QED) is 0.0266. The number of hydrogen-bond acceptors (Lipinski definition) is 12. The van der Waals surface area contributed by atoms with Gasteiger partial charge in [-0.25, -0.2) is 0 Å². The third-order valence-electron chi connectivity index (χ3n) is 15.2. The second-order valence-corrected chi connectivity index (χ2v) is 23.7. The molecule has 1 aromatic rings. The van der Waals surface area contributed by atoms with E-state index in [1.165, 1.54) is 153 Å². The van der Waals surface area contributed by atoms with Crippen LogP contribution in [0.2, 0.25) is 0 Å². The summed E-state index contributed by atoms with van der Waals surface area (Å²) in [6, 6.07) is 0. The van der Waals surface area contributed by atoms with E-state index in [4.69, 9.17) is 23.7 Å². The Hall–Kier alpha value is -3.06. The first-order valence-corrected chi connectivity index (χ1v) is 31.7. The topological polar surface area (TPSA) is 140 Å². The molecule has 13 heteroatoms. The lowest BCUT2D eigenvalue weighted by Gasteiger charge is -2.41. The van der Waals surface area contributed by atoms with Gasteiger partial charge in [0, 0.05) is 38.2 Å². The summed E-state index contributed by atoms with van der Waals surface area (Å²) in [7, 11) is 2.14. The number of likely N-dealkylation sites (N-methyl/N-ethyl adjacent to an activating group) is 1. The molecule has 1 aliphatic heterocycles. The van der Waals surface area contributed by atoms with Crippen LogP contribution in [0, 0.1) is 5.41 Å². The minimum absolute atomic E-state index is 0.133. The van der Waals surface area contributed by atoms with Gasteiger partial charge in [0.05, 0.1) is 38.3 Å². The van der Waals surface area contributed by atoms with Crippen molar-refractivity contribution in [2.75, 3.05) is 40.0 Å². The zero-order valence-corrected chi connectivity index (χ0v) is 50.1. The van der Waals surface area contributed by atoms with Crippen LogP contribution in [0.4, 0.5) is 0 Å². The molecule has 0 amide bonds. The maximum absolute atomic E-state index is 13.4. The van der Waals surface area contributed by atoms with Crippen molar-refractivity contribution in [1.82, 2.24) is 8.75 Å². The molecule has 0 aromatic carbocycles. The maximum Gasteiger partial charge on any atom is 0.310 e. The highest BCUT2D eigenvalue weighted by molar-refractivity contribution is 6.99. The second kappa shape index (κ2) is 43.9. The van der Waals surface area contributed by atoms with Gasteiger partial charge in [0.15, 0.2) is 6.10 Å². The first kappa shape index (κ1) is 68.0. The lowest BCUT2D eigenvalue weighted by molar-refractivity contribution is -0.944. The second-order valence-electron chi connectivity index (χ2n) is 23.2. The van der Waals surface area contributed by atoms with Crippen molar-refractivity contribution in [1.29, 1.82) is 0 Å². The van der Waals surface area contributed by atoms with Crippen molar-refractivity contribution in [3.05, 3.63) is 11.8 Å². The van der Waals surface area contributed by atoms with Gasteiger partial charge in [-0.1, -0.05) is 227 Å². The number of rotatable bonds is 50. The van der Waals surface area contributed by atoms with Gasteiger partial charge in [0.1, 0.15) is 25.5 Å². The van der Waals surface area contributed by atoms with E-state index >= 15 is 0 Å². The summed E-state index contributed by atoms with van der Waals surface area (Å²) in [5.74, 6) is -0.640. The van der Waals surface area contributed by atoms with Gasteiger partial charge in [-0.3, -0.25) is 23.7 Å². The summed E-state index contributed by atoms with van der Waals surface area (Å²) in [6.45, 7) is 14.8. The van der Waals surface area contributed by atoms with Gasteiger partial charge in [-0.15, -0.1) is 4.37 Å². The molecular weight excluding hydrogens is 963 g/mol. The molecule has 0 spiro atoms. The third kappa shape index (κ3) is 35.1. The van der Waals surface area contributed by atoms with Gasteiger partial charge < -0.3 is 23.7 Å². The number of carbonyl (C=O) groups excluding carboxylic acids is 4. The molecule has 1 aliphatic rings. The zero-order chi connectivity index (χ0) is 54.7. The molecular formula is C62H112N3O9S+. The van der Waals surface area contributed by atoms with Gasteiger partial charge in [0.25, 0.3) is 5.88 Å². The van der Waals surface area contributed by atoms with Crippen molar-refractivity contribution in [3.8, 4) is 5.88 Å². The lowest BCUT2D eigenvalue weighted by atomic mass is 9.83. The number of hydrogen-bond donors (Lipinski definition) is 0. The Morgan fingerprint density at radius 2 is 0.987 bits per heavy atom. The van der Waals surface area contributed by atoms with Crippen molar-refractivity contribution in [3.63, 3.8) is 0 Å². The van der Waals surface area contributed by atoms with Crippen LogP contribution in [0.3, 0.4) is 0 Å². The predicted octanol–water partition coefficient (Wildman–Crippen LogP) is 16.9. The Morgan fingerprint density at radius 1 is 0.560 bits per heavy atom. The van der Waals surface area contributed by atoms with Crippen molar-refractivity contribution >= 4 is 41.2 Å². The fourth-order valence-corrected chi connectivity index (χ4v) is 10.6. The van der Waals surface area contributed by atoms with Gasteiger partial charge in [-0.05, 0) is 37.5 Å². The molecule has 0 fully saturated rings. The van der Waals surface area contributed by atoms with Crippen LogP contribution in [0.5, 0.6) is 5.88 Å². The summed E-state index contributed by atoms with van der Waals surface area (Å²) in [5, 5.41) is 0. The smallest absolute Gasteiger partial charge is 0.310 e. The van der Waals surface area contributed by atoms with Crippen LogP contribution in [0.15, 0.2) is 6.08 Å². The van der Waals surface area contributed by atoms with E-state index in [-0.39, 0.29) is 49.2 Å². The molecule has 0 bridgehead atoms. The maximum atomic E-state index is 13.4. The number of aromatic nitrogens is 2. The molecule has 12 nitrogen and oxygen atoms in total. The molecule has 0 N–H and O–H groups in total. The number of nitrogens with zero attached hydrogens (tertiary/aromatic N) is 3. The largest absolute Gasteiger partial charge is 0.475 e. The highest BCUT2D eigenvalue weighted by Crippen LogP contribution is 2.33. The number of esters is 4. The normalized spacial score (nSPS) is 15.2. The molecule has 2 atom stereocenters. The average Bonchev–Trinajstić information content (AvgIpc) is 3.86. The first-order chi connectivity index (χ1) is 36.3. The summed E-state index contributed by atoms with van der Waals surface area (Å²) in [6.07, 6.45) is 42.6. The molecule has 0 aliphatic carbocycles. The predicted molar refractivity (Wildman–Crippen MR) is 308 cm³/mol. The SMILES string of the molecule is CCCCCCCCCCCCCCCC(=O)OCC(COC(=O)CCCCCCCCCCCCCCC)OC(=O)CCCCCC(C)(C)CC(=O)O[C@H](C)[N+]1(C)CCC=C(c2nsnc2OCCCCCC)C1. The Kier molecular flexibility index (Phi) is 39.8. The summed E-state index contributed by atoms with van der Waals surface area (Å²) < 4.78 is 38.7. The summed E-state index contributed by atoms with van der Waals surface area (Å²) in [5.41, 5.74) is 1.61. The van der Waals surface area contributed by atoms with Crippen molar-refractivity contribution < 1.29 is 47.3 Å². The Labute approximate surface area is 462 Å². The molecule has 1 unspecified atom stereocenters. The molecule has 2 rings (SSSR count). The van der Waals surface area contributed by atoms with Crippen LogP contribution in [-0.2, 0) is 38.1 Å². The van der Waals surface area contributed by atoms with Gasteiger partial charge in [-0.2, -0.15) is 4.37 Å². The van der Waals surface area contributed by atoms with Crippen LogP contribution in [0.25, 0.3) is 5.57 Å². The molecule has 1 aromatic heterocycles. The Balaban J connectivity index is 1.75. The summed E-state index contributed by atoms with van der Waals surface area (Å²) in [4.78, 5) is 52.0. The highest BCUT2D eigenvalue weighted by atomic mass is 32.1. The monoisotopic (exact) mass is 1070 g/mol.